The van der Waals surface area contributed by atoms with Crippen molar-refractivity contribution in [2.45, 2.75) is 51.5 Å². The van der Waals surface area contributed by atoms with Crippen LogP contribution in [0.15, 0.2) is 6.20 Å². The second kappa shape index (κ2) is 5.31. The van der Waals surface area contributed by atoms with Crippen molar-refractivity contribution in [1.29, 1.82) is 0 Å². The highest BCUT2D eigenvalue weighted by molar-refractivity contribution is 5.03. The van der Waals surface area contributed by atoms with Crippen molar-refractivity contribution in [3.63, 3.8) is 0 Å². The standard InChI is InChI=1S/C12H21N3/c1-2-5-11-9-14-12(15-11)8-10-6-3-4-7-13-10/h9-10,13H,2-8H2,1H3,(H,14,15). The van der Waals surface area contributed by atoms with Gasteiger partial charge in [-0.3, -0.25) is 0 Å². The van der Waals surface area contributed by atoms with Crippen LogP contribution in [0.2, 0.25) is 0 Å². The number of rotatable bonds is 4. The molecule has 0 aromatic carbocycles. The first-order valence-electron chi connectivity index (χ1n) is 6.14. The minimum Gasteiger partial charge on any atom is -0.346 e. The van der Waals surface area contributed by atoms with Crippen LogP contribution in [0.5, 0.6) is 0 Å². The SMILES string of the molecule is CCCc1cnc(CC2CCCCN2)[nH]1. The molecule has 3 heteroatoms. The van der Waals surface area contributed by atoms with Crippen LogP contribution >= 0.6 is 0 Å². The second-order valence-electron chi connectivity index (χ2n) is 4.46. The van der Waals surface area contributed by atoms with Gasteiger partial charge in [0, 0.05) is 24.4 Å². The number of piperidine rings is 1. The van der Waals surface area contributed by atoms with Gasteiger partial charge in [-0.25, -0.2) is 4.98 Å². The molecule has 1 fully saturated rings. The van der Waals surface area contributed by atoms with E-state index in [0.717, 1.165) is 18.7 Å². The number of aromatic amines is 1. The van der Waals surface area contributed by atoms with E-state index in [-0.39, 0.29) is 0 Å². The summed E-state index contributed by atoms with van der Waals surface area (Å²) in [4.78, 5) is 7.84. The number of imidazole rings is 1. The first kappa shape index (κ1) is 10.7. The van der Waals surface area contributed by atoms with Crippen molar-refractivity contribution < 1.29 is 0 Å². The zero-order chi connectivity index (χ0) is 10.5. The van der Waals surface area contributed by atoms with E-state index >= 15 is 0 Å². The molecule has 0 saturated carbocycles. The molecule has 1 unspecified atom stereocenters. The molecular weight excluding hydrogens is 186 g/mol. The van der Waals surface area contributed by atoms with Gasteiger partial charge < -0.3 is 10.3 Å². The summed E-state index contributed by atoms with van der Waals surface area (Å²) in [7, 11) is 0. The fraction of sp³-hybridized carbons (Fsp3) is 0.750. The van der Waals surface area contributed by atoms with Crippen LogP contribution < -0.4 is 5.32 Å². The molecule has 84 valence electrons. The molecule has 2 heterocycles. The van der Waals surface area contributed by atoms with Gasteiger partial charge in [0.15, 0.2) is 0 Å². The second-order valence-corrected chi connectivity index (χ2v) is 4.46. The van der Waals surface area contributed by atoms with Gasteiger partial charge >= 0.3 is 0 Å². The normalized spacial score (nSPS) is 21.8. The van der Waals surface area contributed by atoms with Gasteiger partial charge in [-0.05, 0) is 25.8 Å². The maximum absolute atomic E-state index is 4.43. The number of aromatic nitrogens is 2. The fourth-order valence-corrected chi connectivity index (χ4v) is 2.24. The first-order valence-corrected chi connectivity index (χ1v) is 6.14. The summed E-state index contributed by atoms with van der Waals surface area (Å²) in [6.07, 6.45) is 9.33. The molecule has 1 atom stereocenters. The van der Waals surface area contributed by atoms with E-state index < -0.39 is 0 Å². The summed E-state index contributed by atoms with van der Waals surface area (Å²) in [5.41, 5.74) is 1.28. The summed E-state index contributed by atoms with van der Waals surface area (Å²) >= 11 is 0. The Bertz CT molecular complexity index is 287. The number of hydrogen-bond donors (Lipinski definition) is 2. The van der Waals surface area contributed by atoms with E-state index in [1.807, 2.05) is 6.20 Å². The summed E-state index contributed by atoms with van der Waals surface area (Å²) in [5, 5.41) is 3.55. The third-order valence-electron chi connectivity index (χ3n) is 3.05. The topological polar surface area (TPSA) is 40.7 Å². The van der Waals surface area contributed by atoms with Crippen LogP contribution in [0.1, 0.15) is 44.1 Å². The number of aryl methyl sites for hydroxylation is 1. The Hall–Kier alpha value is -0.830. The molecule has 15 heavy (non-hydrogen) atoms. The van der Waals surface area contributed by atoms with Crippen LogP contribution in [0, 0.1) is 0 Å². The van der Waals surface area contributed by atoms with Crippen molar-refractivity contribution in [3.8, 4) is 0 Å². The van der Waals surface area contributed by atoms with Gasteiger partial charge in [0.1, 0.15) is 5.82 Å². The van der Waals surface area contributed by atoms with Gasteiger partial charge in [-0.15, -0.1) is 0 Å². The minimum absolute atomic E-state index is 0.638. The third kappa shape index (κ3) is 3.06. The van der Waals surface area contributed by atoms with Crippen LogP contribution in [0.4, 0.5) is 0 Å². The monoisotopic (exact) mass is 207 g/mol. The molecule has 0 bridgehead atoms. The Morgan fingerprint density at radius 2 is 2.40 bits per heavy atom. The fourth-order valence-electron chi connectivity index (χ4n) is 2.24. The van der Waals surface area contributed by atoms with Crippen molar-refractivity contribution in [3.05, 3.63) is 17.7 Å². The molecule has 1 aliphatic heterocycles. The molecule has 1 saturated heterocycles. The Labute approximate surface area is 91.7 Å². The molecule has 1 aromatic rings. The Kier molecular flexibility index (Phi) is 3.78. The van der Waals surface area contributed by atoms with Gasteiger partial charge in [-0.1, -0.05) is 19.8 Å². The molecule has 2 N–H and O–H groups in total. The Balaban J connectivity index is 1.86. The average molecular weight is 207 g/mol. The van der Waals surface area contributed by atoms with Gasteiger partial charge in [0.25, 0.3) is 0 Å². The summed E-state index contributed by atoms with van der Waals surface area (Å²) in [6.45, 7) is 3.37. The number of H-pyrrole nitrogens is 1. The van der Waals surface area contributed by atoms with Crippen LogP contribution in [-0.2, 0) is 12.8 Å². The molecule has 2 rings (SSSR count). The van der Waals surface area contributed by atoms with E-state index in [1.54, 1.807) is 0 Å². The highest BCUT2D eigenvalue weighted by atomic mass is 15.0. The summed E-state index contributed by atoms with van der Waals surface area (Å²) in [6, 6.07) is 0.638. The van der Waals surface area contributed by atoms with E-state index in [0.29, 0.717) is 6.04 Å². The smallest absolute Gasteiger partial charge is 0.107 e. The minimum atomic E-state index is 0.638. The van der Waals surface area contributed by atoms with Crippen molar-refractivity contribution in [1.82, 2.24) is 15.3 Å². The van der Waals surface area contributed by atoms with Gasteiger partial charge in [0.2, 0.25) is 0 Å². The van der Waals surface area contributed by atoms with Crippen LogP contribution in [0.25, 0.3) is 0 Å². The molecule has 0 spiro atoms. The summed E-state index contributed by atoms with van der Waals surface area (Å²) < 4.78 is 0. The molecule has 3 nitrogen and oxygen atoms in total. The lowest BCUT2D eigenvalue weighted by Gasteiger charge is -2.22. The molecule has 0 radical (unpaired) electrons. The number of nitrogens with zero attached hydrogens (tertiary/aromatic N) is 1. The molecular formula is C12H21N3. The van der Waals surface area contributed by atoms with E-state index in [2.05, 4.69) is 22.2 Å². The highest BCUT2D eigenvalue weighted by Crippen LogP contribution is 2.11. The van der Waals surface area contributed by atoms with Crippen molar-refractivity contribution >= 4 is 0 Å². The third-order valence-corrected chi connectivity index (χ3v) is 3.05. The maximum atomic E-state index is 4.43. The number of hydrogen-bond acceptors (Lipinski definition) is 2. The quantitative estimate of drug-likeness (QED) is 0.793. The molecule has 1 aromatic heterocycles. The molecule has 0 amide bonds. The Morgan fingerprint density at radius 3 is 3.13 bits per heavy atom. The average Bonchev–Trinajstić information content (AvgIpc) is 2.68. The maximum Gasteiger partial charge on any atom is 0.107 e. The van der Waals surface area contributed by atoms with E-state index in [4.69, 9.17) is 0 Å². The number of nitrogens with one attached hydrogen (secondary N) is 2. The molecule has 1 aliphatic rings. The predicted molar refractivity (Wildman–Crippen MR) is 61.9 cm³/mol. The van der Waals surface area contributed by atoms with Crippen LogP contribution in [0.3, 0.4) is 0 Å². The lowest BCUT2D eigenvalue weighted by Crippen LogP contribution is -2.35. The van der Waals surface area contributed by atoms with Crippen LogP contribution in [-0.4, -0.2) is 22.6 Å². The van der Waals surface area contributed by atoms with E-state index in [9.17, 15) is 0 Å². The van der Waals surface area contributed by atoms with E-state index in [1.165, 1.54) is 37.9 Å². The summed E-state index contributed by atoms with van der Waals surface area (Å²) in [5.74, 6) is 1.15. The van der Waals surface area contributed by atoms with Crippen molar-refractivity contribution in [2.24, 2.45) is 0 Å². The lowest BCUT2D eigenvalue weighted by molar-refractivity contribution is 0.395. The zero-order valence-corrected chi connectivity index (χ0v) is 9.55. The van der Waals surface area contributed by atoms with Gasteiger partial charge in [-0.2, -0.15) is 0 Å². The van der Waals surface area contributed by atoms with Crippen molar-refractivity contribution in [2.75, 3.05) is 6.54 Å². The lowest BCUT2D eigenvalue weighted by atomic mass is 10.0. The predicted octanol–water partition coefficient (Wildman–Crippen LogP) is 2.05. The highest BCUT2D eigenvalue weighted by Gasteiger charge is 2.14. The first-order chi connectivity index (χ1) is 7.38. The van der Waals surface area contributed by atoms with Gasteiger partial charge in [0.05, 0.1) is 0 Å². The zero-order valence-electron chi connectivity index (χ0n) is 9.55. The Morgan fingerprint density at radius 1 is 1.47 bits per heavy atom. The molecule has 0 aliphatic carbocycles. The largest absolute Gasteiger partial charge is 0.346 e.